The number of carbonyl (C=O) groups excluding carboxylic acids is 2. The maximum Gasteiger partial charge on any atom is 0.338 e. The van der Waals surface area contributed by atoms with E-state index in [1.54, 1.807) is 27.2 Å². The molecule has 1 amide bonds. The number of methoxy groups -OCH3 is 2. The van der Waals surface area contributed by atoms with Crippen molar-refractivity contribution in [3.05, 3.63) is 58.8 Å². The minimum atomic E-state index is -0.561. The number of benzene rings is 1. The highest BCUT2D eigenvalue weighted by atomic mass is 32.2. The van der Waals surface area contributed by atoms with Crippen LogP contribution in [0.3, 0.4) is 0 Å². The van der Waals surface area contributed by atoms with Gasteiger partial charge < -0.3 is 24.4 Å². The van der Waals surface area contributed by atoms with E-state index in [-0.39, 0.29) is 25.0 Å². The van der Waals surface area contributed by atoms with Crippen LogP contribution < -0.4 is 14.8 Å². The lowest BCUT2D eigenvalue weighted by Crippen LogP contribution is -2.38. The van der Waals surface area contributed by atoms with Crippen LogP contribution in [0, 0.1) is 0 Å². The van der Waals surface area contributed by atoms with Crippen LogP contribution in [-0.2, 0) is 14.3 Å². The minimum absolute atomic E-state index is 0.0466. The predicted molar refractivity (Wildman–Crippen MR) is 127 cm³/mol. The molecule has 0 bridgehead atoms. The monoisotopic (exact) mass is 469 g/mol. The van der Waals surface area contributed by atoms with Crippen molar-refractivity contribution in [2.24, 2.45) is 4.99 Å². The number of hydrogen-bond acceptors (Lipinski definition) is 8. The van der Waals surface area contributed by atoms with Gasteiger partial charge in [-0.3, -0.25) is 4.79 Å². The summed E-state index contributed by atoms with van der Waals surface area (Å²) in [6, 6.07) is 5.19. The number of esters is 1. The average molecular weight is 470 g/mol. The van der Waals surface area contributed by atoms with Crippen molar-refractivity contribution in [3.63, 3.8) is 0 Å². The first kappa shape index (κ1) is 23.0. The Hall–Kier alpha value is -3.20. The molecule has 1 aromatic rings. The summed E-state index contributed by atoms with van der Waals surface area (Å²) in [5, 5.41) is 5.65. The zero-order chi connectivity index (χ0) is 23.5. The van der Waals surface area contributed by atoms with Crippen molar-refractivity contribution in [1.29, 1.82) is 0 Å². The fraction of sp³-hybridized carbons (Fsp3) is 0.375. The van der Waals surface area contributed by atoms with Crippen molar-refractivity contribution in [2.45, 2.75) is 38.3 Å². The molecule has 0 radical (unpaired) electrons. The second-order valence-electron chi connectivity index (χ2n) is 7.94. The first-order valence-corrected chi connectivity index (χ1v) is 11.6. The Bertz CT molecular complexity index is 1050. The van der Waals surface area contributed by atoms with Crippen LogP contribution in [0.25, 0.3) is 0 Å². The van der Waals surface area contributed by atoms with Gasteiger partial charge in [0.05, 0.1) is 38.0 Å². The highest BCUT2D eigenvalue weighted by Gasteiger charge is 2.41. The number of allylic oxidation sites excluding steroid dienone is 1. The van der Waals surface area contributed by atoms with Gasteiger partial charge in [0.1, 0.15) is 18.1 Å². The zero-order valence-electron chi connectivity index (χ0n) is 18.9. The molecule has 1 aromatic carbocycles. The maximum absolute atomic E-state index is 13.1. The third kappa shape index (κ3) is 4.93. The number of carbonyl (C=O) groups is 2. The van der Waals surface area contributed by atoms with Gasteiger partial charge in [-0.1, -0.05) is 24.4 Å². The Morgan fingerprint density at radius 3 is 2.55 bits per heavy atom. The summed E-state index contributed by atoms with van der Waals surface area (Å²) in [6.45, 7) is 5.50. The van der Waals surface area contributed by atoms with E-state index in [0.717, 1.165) is 24.1 Å². The first-order valence-electron chi connectivity index (χ1n) is 10.7. The van der Waals surface area contributed by atoms with E-state index in [0.29, 0.717) is 27.9 Å². The van der Waals surface area contributed by atoms with Gasteiger partial charge in [-0.15, -0.1) is 0 Å². The lowest BCUT2D eigenvalue weighted by Gasteiger charge is -2.36. The van der Waals surface area contributed by atoms with Crippen molar-refractivity contribution in [3.8, 4) is 11.5 Å². The largest absolute Gasteiger partial charge is 0.497 e. The Morgan fingerprint density at radius 1 is 1.24 bits per heavy atom. The molecule has 33 heavy (non-hydrogen) atoms. The van der Waals surface area contributed by atoms with Gasteiger partial charge in [0.15, 0.2) is 5.17 Å². The summed E-state index contributed by atoms with van der Waals surface area (Å²) in [5.41, 5.74) is 2.49. The number of amides is 1. The van der Waals surface area contributed by atoms with Crippen molar-refractivity contribution in [1.82, 2.24) is 10.2 Å². The highest BCUT2D eigenvalue weighted by Crippen LogP contribution is 2.46. The van der Waals surface area contributed by atoms with E-state index in [2.05, 4.69) is 16.9 Å². The fourth-order valence-electron chi connectivity index (χ4n) is 3.82. The van der Waals surface area contributed by atoms with E-state index in [4.69, 9.17) is 14.2 Å². The Morgan fingerprint density at radius 2 is 1.94 bits per heavy atom. The molecular formula is C24H27N3O5S. The van der Waals surface area contributed by atoms with Gasteiger partial charge in [-0.05, 0) is 42.9 Å². The highest BCUT2D eigenvalue weighted by molar-refractivity contribution is 8.16. The number of nitrogens with zero attached hydrogens (tertiary/aromatic N) is 2. The Kier molecular flexibility index (Phi) is 6.78. The average Bonchev–Trinajstić information content (AvgIpc) is 3.54. The molecule has 3 aliphatic rings. The molecule has 0 saturated heterocycles. The van der Waals surface area contributed by atoms with Crippen LogP contribution in [0.1, 0.15) is 37.8 Å². The van der Waals surface area contributed by atoms with Crippen LogP contribution in [0.15, 0.2) is 58.2 Å². The summed E-state index contributed by atoms with van der Waals surface area (Å²) in [7, 11) is 3.15. The summed E-state index contributed by atoms with van der Waals surface area (Å²) in [5.74, 6) is 0.651. The predicted octanol–water partition coefficient (Wildman–Crippen LogP) is 3.68. The third-order valence-corrected chi connectivity index (χ3v) is 6.42. The van der Waals surface area contributed by atoms with Crippen molar-refractivity contribution in [2.75, 3.05) is 20.8 Å². The molecule has 2 aliphatic heterocycles. The fourth-order valence-corrected chi connectivity index (χ4v) is 4.78. The van der Waals surface area contributed by atoms with Gasteiger partial charge in [0.2, 0.25) is 5.91 Å². The van der Waals surface area contributed by atoms with E-state index in [1.807, 2.05) is 22.4 Å². The molecule has 4 rings (SSSR count). The minimum Gasteiger partial charge on any atom is -0.497 e. The SMILES string of the molecule is C=CCOC(=O)C1=C(C)N=C2SC=C(CC(=O)NC3CC3)N2[C@H]1c1cc(OC)cc(OC)c1. The van der Waals surface area contributed by atoms with E-state index >= 15 is 0 Å². The smallest absolute Gasteiger partial charge is 0.338 e. The number of ether oxygens (including phenoxy) is 3. The number of nitrogens with one attached hydrogen (secondary N) is 1. The molecule has 0 unspecified atom stereocenters. The number of aliphatic imine (C=N–C) groups is 1. The molecular weight excluding hydrogens is 442 g/mol. The molecule has 1 N–H and O–H groups in total. The topological polar surface area (TPSA) is 89.5 Å². The van der Waals surface area contributed by atoms with Crippen LogP contribution in [0.5, 0.6) is 11.5 Å². The molecule has 0 aromatic heterocycles. The molecule has 174 valence electrons. The molecule has 9 heteroatoms. The summed E-state index contributed by atoms with van der Waals surface area (Å²) in [6.07, 6.45) is 3.75. The molecule has 1 aliphatic carbocycles. The quantitative estimate of drug-likeness (QED) is 0.436. The normalized spacial score (nSPS) is 19.4. The van der Waals surface area contributed by atoms with Crippen LogP contribution in [0.2, 0.25) is 0 Å². The second kappa shape index (κ2) is 9.74. The zero-order valence-corrected chi connectivity index (χ0v) is 19.7. The lowest BCUT2D eigenvalue weighted by atomic mass is 9.93. The van der Waals surface area contributed by atoms with Crippen LogP contribution >= 0.6 is 11.8 Å². The summed E-state index contributed by atoms with van der Waals surface area (Å²) < 4.78 is 16.4. The Labute approximate surface area is 197 Å². The van der Waals surface area contributed by atoms with Crippen LogP contribution in [0.4, 0.5) is 0 Å². The maximum atomic E-state index is 13.1. The molecule has 1 atom stereocenters. The van der Waals surface area contributed by atoms with Crippen molar-refractivity contribution >= 4 is 28.8 Å². The number of hydrogen-bond donors (Lipinski definition) is 1. The third-order valence-electron chi connectivity index (χ3n) is 5.53. The molecule has 8 nitrogen and oxygen atoms in total. The van der Waals surface area contributed by atoms with E-state index < -0.39 is 12.0 Å². The van der Waals surface area contributed by atoms with Crippen LogP contribution in [-0.4, -0.2) is 48.8 Å². The Balaban J connectivity index is 1.76. The number of thioether (sulfide) groups is 1. The standard InChI is InChI=1S/C24H27N3O5S/c1-5-8-32-23(29)21-14(2)25-24-27(17(13-33-24)11-20(28)26-16-6-7-16)22(21)15-9-18(30-3)12-19(10-15)31-4/h5,9-10,12-13,16,22H,1,6-8,11H2,2-4H3,(H,26,28)/t22-/m0/s1. The molecule has 2 heterocycles. The second-order valence-corrected chi connectivity index (χ2v) is 8.78. The number of fused-ring (bicyclic) bond motifs is 1. The number of rotatable bonds is 9. The van der Waals surface area contributed by atoms with E-state index in [1.165, 1.54) is 17.8 Å². The number of amidine groups is 1. The van der Waals surface area contributed by atoms with Gasteiger partial charge >= 0.3 is 5.97 Å². The lowest BCUT2D eigenvalue weighted by molar-refractivity contribution is -0.138. The van der Waals surface area contributed by atoms with Gasteiger partial charge in [0, 0.05) is 17.8 Å². The molecule has 0 spiro atoms. The van der Waals surface area contributed by atoms with Gasteiger partial charge in [-0.2, -0.15) is 0 Å². The summed E-state index contributed by atoms with van der Waals surface area (Å²) in [4.78, 5) is 32.3. The van der Waals surface area contributed by atoms with Crippen molar-refractivity contribution < 1.29 is 23.8 Å². The van der Waals surface area contributed by atoms with Gasteiger partial charge in [-0.25, -0.2) is 9.79 Å². The van der Waals surface area contributed by atoms with Gasteiger partial charge in [0.25, 0.3) is 0 Å². The molecule has 1 fully saturated rings. The summed E-state index contributed by atoms with van der Waals surface area (Å²) >= 11 is 1.43. The first-order chi connectivity index (χ1) is 15.9. The molecule has 1 saturated carbocycles. The van der Waals surface area contributed by atoms with E-state index in [9.17, 15) is 9.59 Å².